The molecular weight excluding hydrogens is 428 g/mol. The molecule has 3 heterocycles. The predicted octanol–water partition coefficient (Wildman–Crippen LogP) is 3.58. The van der Waals surface area contributed by atoms with E-state index in [1.165, 1.54) is 5.56 Å². The van der Waals surface area contributed by atoms with Gasteiger partial charge in [0.15, 0.2) is 0 Å². The minimum absolute atomic E-state index is 0.0605. The van der Waals surface area contributed by atoms with Gasteiger partial charge in [-0.15, -0.1) is 0 Å². The molecule has 34 heavy (non-hydrogen) atoms. The molecule has 0 unspecified atom stereocenters. The van der Waals surface area contributed by atoms with Gasteiger partial charge in [-0.1, -0.05) is 12.1 Å². The molecule has 2 saturated heterocycles. The molecule has 7 nitrogen and oxygen atoms in total. The van der Waals surface area contributed by atoms with Crippen LogP contribution in [0.5, 0.6) is 5.75 Å². The zero-order valence-electron chi connectivity index (χ0n) is 19.5. The molecule has 2 amide bonds. The number of aromatic nitrogens is 2. The van der Waals surface area contributed by atoms with Crippen LogP contribution in [0, 0.1) is 5.92 Å². The summed E-state index contributed by atoms with van der Waals surface area (Å²) in [6.07, 6.45) is 6.65. The van der Waals surface area contributed by atoms with Gasteiger partial charge < -0.3 is 14.5 Å². The average Bonchev–Trinajstić information content (AvgIpc) is 3.43. The van der Waals surface area contributed by atoms with Crippen LogP contribution >= 0.6 is 0 Å². The number of amides is 2. The fourth-order valence-electron chi connectivity index (χ4n) is 5.26. The lowest BCUT2D eigenvalue weighted by molar-refractivity contribution is -0.140. The zero-order chi connectivity index (χ0) is 23.5. The molecule has 0 spiro atoms. The standard InChI is InChI=1S/C27H30N4O3/c1-34-24-5-2-4-20(18-24)12-17-30-25-13-16-29(19-22(25)8-11-26(30)32)27(33)21-6-9-23(10-7-21)31-15-3-14-28-31/h2-7,9-10,14-15,18,22,25H,8,11-13,16-17,19H2,1H3/t22-,25+/m1/s1. The maximum absolute atomic E-state index is 13.2. The second kappa shape index (κ2) is 9.71. The normalized spacial score (nSPS) is 20.2. The number of carbonyl (C=O) groups is 2. The van der Waals surface area contributed by atoms with Crippen LogP contribution in [-0.4, -0.2) is 64.2 Å². The Kier molecular flexibility index (Phi) is 6.34. The fraction of sp³-hybridized carbons (Fsp3) is 0.370. The topological polar surface area (TPSA) is 67.7 Å². The van der Waals surface area contributed by atoms with E-state index in [0.29, 0.717) is 37.5 Å². The number of fused-ring (bicyclic) bond motifs is 1. The first-order valence-corrected chi connectivity index (χ1v) is 11.9. The van der Waals surface area contributed by atoms with Gasteiger partial charge in [0.05, 0.1) is 12.8 Å². The molecule has 5 rings (SSSR count). The lowest BCUT2D eigenvalue weighted by Gasteiger charge is -2.47. The SMILES string of the molecule is COc1cccc(CCN2C(=O)CC[C@@H]3CN(C(=O)c4ccc(-n5cccn5)cc4)CC[C@@H]32)c1. The van der Waals surface area contributed by atoms with Crippen LogP contribution in [0.4, 0.5) is 0 Å². The molecule has 7 heteroatoms. The van der Waals surface area contributed by atoms with E-state index in [4.69, 9.17) is 4.74 Å². The summed E-state index contributed by atoms with van der Waals surface area (Å²) in [6.45, 7) is 2.08. The van der Waals surface area contributed by atoms with Gasteiger partial charge in [0, 0.05) is 50.1 Å². The highest BCUT2D eigenvalue weighted by molar-refractivity contribution is 5.94. The number of piperidine rings is 2. The predicted molar refractivity (Wildman–Crippen MR) is 129 cm³/mol. The van der Waals surface area contributed by atoms with Crippen LogP contribution in [0.3, 0.4) is 0 Å². The van der Waals surface area contributed by atoms with Gasteiger partial charge in [-0.2, -0.15) is 5.10 Å². The average molecular weight is 459 g/mol. The summed E-state index contributed by atoms with van der Waals surface area (Å²) in [6, 6.07) is 17.7. The van der Waals surface area contributed by atoms with E-state index < -0.39 is 0 Å². The largest absolute Gasteiger partial charge is 0.497 e. The first kappa shape index (κ1) is 22.2. The van der Waals surface area contributed by atoms with Crippen molar-refractivity contribution in [3.05, 3.63) is 78.1 Å². The molecule has 0 aliphatic carbocycles. The smallest absolute Gasteiger partial charge is 0.253 e. The van der Waals surface area contributed by atoms with E-state index in [1.807, 2.05) is 59.6 Å². The number of benzene rings is 2. The van der Waals surface area contributed by atoms with Crippen LogP contribution in [0.2, 0.25) is 0 Å². The summed E-state index contributed by atoms with van der Waals surface area (Å²) in [4.78, 5) is 30.0. The van der Waals surface area contributed by atoms with Crippen LogP contribution in [0.15, 0.2) is 67.0 Å². The van der Waals surface area contributed by atoms with Crippen molar-refractivity contribution >= 4 is 11.8 Å². The molecule has 2 aromatic carbocycles. The number of hydrogen-bond acceptors (Lipinski definition) is 4. The second-order valence-corrected chi connectivity index (χ2v) is 9.09. The number of methoxy groups -OCH3 is 1. The van der Waals surface area contributed by atoms with Crippen molar-refractivity contribution in [1.29, 1.82) is 0 Å². The maximum atomic E-state index is 13.2. The van der Waals surface area contributed by atoms with Gasteiger partial charge in [0.1, 0.15) is 5.75 Å². The van der Waals surface area contributed by atoms with Crippen molar-refractivity contribution in [3.8, 4) is 11.4 Å². The van der Waals surface area contributed by atoms with Crippen molar-refractivity contribution in [2.75, 3.05) is 26.7 Å². The molecule has 3 aromatic rings. The van der Waals surface area contributed by atoms with Crippen LogP contribution < -0.4 is 4.74 Å². The summed E-state index contributed by atoms with van der Waals surface area (Å²) < 4.78 is 7.10. The molecule has 1 aromatic heterocycles. The number of likely N-dealkylation sites (tertiary alicyclic amines) is 2. The van der Waals surface area contributed by atoms with Gasteiger partial charge in [-0.25, -0.2) is 4.68 Å². The Balaban J connectivity index is 1.22. The Bertz CT molecular complexity index is 1140. The number of rotatable bonds is 6. The number of ether oxygens (including phenoxy) is 1. The van der Waals surface area contributed by atoms with Crippen molar-refractivity contribution in [2.24, 2.45) is 5.92 Å². The van der Waals surface area contributed by atoms with E-state index >= 15 is 0 Å². The Morgan fingerprint density at radius 2 is 1.97 bits per heavy atom. The molecule has 0 saturated carbocycles. The number of carbonyl (C=O) groups excluding carboxylic acids is 2. The fourth-order valence-corrected chi connectivity index (χ4v) is 5.26. The van der Waals surface area contributed by atoms with Crippen LogP contribution in [-0.2, 0) is 11.2 Å². The molecule has 2 aliphatic rings. The highest BCUT2D eigenvalue weighted by atomic mass is 16.5. The van der Waals surface area contributed by atoms with Crippen molar-refractivity contribution in [1.82, 2.24) is 19.6 Å². The monoisotopic (exact) mass is 458 g/mol. The molecule has 0 bridgehead atoms. The molecule has 2 fully saturated rings. The quantitative estimate of drug-likeness (QED) is 0.566. The molecular formula is C27H30N4O3. The molecule has 2 atom stereocenters. The van der Waals surface area contributed by atoms with E-state index in [-0.39, 0.29) is 17.9 Å². The number of nitrogens with zero attached hydrogens (tertiary/aromatic N) is 4. The van der Waals surface area contributed by atoms with Crippen LogP contribution in [0.1, 0.15) is 35.2 Å². The Morgan fingerprint density at radius 3 is 2.74 bits per heavy atom. The van der Waals surface area contributed by atoms with Gasteiger partial charge in [0.25, 0.3) is 5.91 Å². The minimum atomic E-state index is 0.0605. The second-order valence-electron chi connectivity index (χ2n) is 9.09. The summed E-state index contributed by atoms with van der Waals surface area (Å²) in [7, 11) is 1.67. The third-order valence-electron chi connectivity index (χ3n) is 7.09. The van der Waals surface area contributed by atoms with Gasteiger partial charge >= 0.3 is 0 Å². The minimum Gasteiger partial charge on any atom is -0.497 e. The van der Waals surface area contributed by atoms with E-state index in [9.17, 15) is 9.59 Å². The van der Waals surface area contributed by atoms with E-state index in [2.05, 4.69) is 16.1 Å². The lowest BCUT2D eigenvalue weighted by atomic mass is 9.83. The van der Waals surface area contributed by atoms with Crippen molar-refractivity contribution < 1.29 is 14.3 Å². The first-order valence-electron chi connectivity index (χ1n) is 11.9. The van der Waals surface area contributed by atoms with E-state index in [1.54, 1.807) is 18.0 Å². The number of hydrogen-bond donors (Lipinski definition) is 0. The molecule has 176 valence electrons. The summed E-state index contributed by atoms with van der Waals surface area (Å²) in [5.41, 5.74) is 2.79. The maximum Gasteiger partial charge on any atom is 0.253 e. The molecule has 2 aliphatic heterocycles. The molecule has 0 radical (unpaired) electrons. The third-order valence-corrected chi connectivity index (χ3v) is 7.09. The Hall–Kier alpha value is -3.61. The zero-order valence-corrected chi connectivity index (χ0v) is 19.5. The highest BCUT2D eigenvalue weighted by Crippen LogP contribution is 2.32. The summed E-state index contributed by atoms with van der Waals surface area (Å²) in [5.74, 6) is 1.46. The van der Waals surface area contributed by atoms with Crippen molar-refractivity contribution in [3.63, 3.8) is 0 Å². The Morgan fingerprint density at radius 1 is 1.12 bits per heavy atom. The van der Waals surface area contributed by atoms with Gasteiger partial charge in [-0.05, 0) is 73.2 Å². The van der Waals surface area contributed by atoms with E-state index in [0.717, 1.165) is 30.7 Å². The van der Waals surface area contributed by atoms with Gasteiger partial charge in [-0.3, -0.25) is 9.59 Å². The van der Waals surface area contributed by atoms with Crippen LogP contribution in [0.25, 0.3) is 5.69 Å². The highest BCUT2D eigenvalue weighted by Gasteiger charge is 2.40. The first-order chi connectivity index (χ1) is 16.6. The summed E-state index contributed by atoms with van der Waals surface area (Å²) >= 11 is 0. The molecule has 0 N–H and O–H groups in total. The van der Waals surface area contributed by atoms with Gasteiger partial charge in [0.2, 0.25) is 5.91 Å². The Labute approximate surface area is 199 Å². The summed E-state index contributed by atoms with van der Waals surface area (Å²) in [5, 5.41) is 4.24. The third kappa shape index (κ3) is 4.55. The van der Waals surface area contributed by atoms with Crippen molar-refractivity contribution in [2.45, 2.75) is 31.7 Å². The lowest BCUT2D eigenvalue weighted by Crippen LogP contribution is -2.57.